The summed E-state index contributed by atoms with van der Waals surface area (Å²) in [7, 11) is 0. The fraction of sp³-hybridized carbons (Fsp3) is 0.111. The van der Waals surface area contributed by atoms with Crippen LogP contribution in [0.2, 0.25) is 5.02 Å². The molecule has 2 rings (SSSR count). The molecule has 1 nitrogen and oxygen atoms in total. The van der Waals surface area contributed by atoms with Crippen LogP contribution in [-0.4, -0.2) is 4.98 Å². The van der Waals surface area contributed by atoms with E-state index in [0.717, 1.165) is 21.4 Å². The number of hydrogen-bond donors (Lipinski definition) is 1. The van der Waals surface area contributed by atoms with Gasteiger partial charge in [0.2, 0.25) is 0 Å². The monoisotopic (exact) mass is 243 g/mol. The van der Waals surface area contributed by atoms with Gasteiger partial charge in [-0.3, -0.25) is 0 Å². The number of nitrogens with one attached hydrogen (secondary N) is 1. The van der Waals surface area contributed by atoms with Gasteiger partial charge in [0.15, 0.2) is 0 Å². The van der Waals surface area contributed by atoms with Crippen LogP contribution >= 0.6 is 27.5 Å². The zero-order valence-corrected chi connectivity index (χ0v) is 8.61. The van der Waals surface area contributed by atoms with Gasteiger partial charge in [0.05, 0.1) is 0 Å². The number of aromatic nitrogens is 1. The molecular weight excluding hydrogens is 237 g/mol. The molecule has 0 spiro atoms. The highest BCUT2D eigenvalue weighted by Crippen LogP contribution is 2.24. The van der Waals surface area contributed by atoms with E-state index in [1.807, 2.05) is 18.3 Å². The van der Waals surface area contributed by atoms with Crippen LogP contribution < -0.4 is 0 Å². The average Bonchev–Trinajstić information content (AvgIpc) is 2.49. The zero-order valence-electron chi connectivity index (χ0n) is 6.27. The summed E-state index contributed by atoms with van der Waals surface area (Å²) in [5, 5.41) is 2.81. The quantitative estimate of drug-likeness (QED) is 0.736. The second-order valence-corrected chi connectivity index (χ2v) is 3.61. The highest BCUT2D eigenvalue weighted by molar-refractivity contribution is 9.08. The lowest BCUT2D eigenvalue weighted by atomic mass is 10.2. The molecular formula is C9H7BrClN. The number of benzene rings is 1. The lowest BCUT2D eigenvalue weighted by Gasteiger charge is -1.99. The minimum Gasteiger partial charge on any atom is -0.361 e. The summed E-state index contributed by atoms with van der Waals surface area (Å²) in [6, 6.07) is 6.08. The van der Waals surface area contributed by atoms with Gasteiger partial charge in [-0.25, -0.2) is 0 Å². The van der Waals surface area contributed by atoms with Crippen LogP contribution in [0.4, 0.5) is 0 Å². The van der Waals surface area contributed by atoms with Gasteiger partial charge < -0.3 is 4.98 Å². The molecule has 0 radical (unpaired) electrons. The molecule has 0 atom stereocenters. The maximum atomic E-state index is 6.01. The number of H-pyrrole nitrogens is 1. The maximum Gasteiger partial charge on any atom is 0.0469 e. The first-order valence-corrected chi connectivity index (χ1v) is 5.12. The molecule has 0 aliphatic heterocycles. The van der Waals surface area contributed by atoms with E-state index in [0.29, 0.717) is 0 Å². The molecule has 0 aliphatic carbocycles. The van der Waals surface area contributed by atoms with Crippen molar-refractivity contribution in [2.75, 3.05) is 0 Å². The molecule has 3 heteroatoms. The molecule has 0 amide bonds. The molecule has 62 valence electrons. The molecule has 0 saturated carbocycles. The van der Waals surface area contributed by atoms with Crippen molar-refractivity contribution in [2.45, 2.75) is 5.33 Å². The molecule has 1 N–H and O–H groups in total. The standard InChI is InChI=1S/C9H7BrClN/c10-5-7-3-6-1-2-12-9(6)4-8(7)11/h1-4,12H,5H2. The predicted molar refractivity (Wildman–Crippen MR) is 55.9 cm³/mol. The second-order valence-electron chi connectivity index (χ2n) is 2.64. The summed E-state index contributed by atoms with van der Waals surface area (Å²) in [5.41, 5.74) is 2.22. The number of fused-ring (bicyclic) bond motifs is 1. The van der Waals surface area contributed by atoms with Gasteiger partial charge in [0, 0.05) is 22.1 Å². The molecule has 0 saturated heterocycles. The Kier molecular flexibility index (Phi) is 2.11. The van der Waals surface area contributed by atoms with E-state index < -0.39 is 0 Å². The van der Waals surface area contributed by atoms with Crippen LogP contribution in [0.15, 0.2) is 24.4 Å². The Morgan fingerprint density at radius 2 is 2.25 bits per heavy atom. The lowest BCUT2D eigenvalue weighted by Crippen LogP contribution is -1.79. The van der Waals surface area contributed by atoms with Gasteiger partial charge >= 0.3 is 0 Å². The first-order chi connectivity index (χ1) is 5.81. The predicted octanol–water partition coefficient (Wildman–Crippen LogP) is 3.72. The van der Waals surface area contributed by atoms with Gasteiger partial charge in [0.1, 0.15) is 0 Å². The van der Waals surface area contributed by atoms with Crippen LogP contribution in [0.5, 0.6) is 0 Å². The third kappa shape index (κ3) is 1.25. The summed E-state index contributed by atoms with van der Waals surface area (Å²) in [6.45, 7) is 0. The van der Waals surface area contributed by atoms with E-state index in [9.17, 15) is 0 Å². The number of halogens is 2. The summed E-state index contributed by atoms with van der Waals surface area (Å²) in [4.78, 5) is 3.11. The molecule has 0 fully saturated rings. The second kappa shape index (κ2) is 3.11. The molecule has 0 unspecified atom stereocenters. The number of alkyl halides is 1. The van der Waals surface area contributed by atoms with Gasteiger partial charge in [-0.05, 0) is 29.1 Å². The lowest BCUT2D eigenvalue weighted by molar-refractivity contribution is 1.44. The Balaban J connectivity index is 2.73. The Morgan fingerprint density at radius 3 is 3.00 bits per heavy atom. The van der Waals surface area contributed by atoms with E-state index >= 15 is 0 Å². The van der Waals surface area contributed by atoms with E-state index in [1.165, 1.54) is 5.39 Å². The van der Waals surface area contributed by atoms with Crippen LogP contribution in [-0.2, 0) is 5.33 Å². The Morgan fingerprint density at radius 1 is 1.42 bits per heavy atom. The van der Waals surface area contributed by atoms with Crippen molar-refractivity contribution in [1.82, 2.24) is 4.98 Å². The van der Waals surface area contributed by atoms with E-state index in [1.54, 1.807) is 0 Å². The van der Waals surface area contributed by atoms with Crippen molar-refractivity contribution in [3.05, 3.63) is 35.0 Å². The van der Waals surface area contributed by atoms with Gasteiger partial charge in [0.25, 0.3) is 0 Å². The average molecular weight is 245 g/mol. The Hall–Kier alpha value is -0.470. The SMILES string of the molecule is Clc1cc2[nH]ccc2cc1CBr. The summed E-state index contributed by atoms with van der Waals surface area (Å²) in [5.74, 6) is 0. The summed E-state index contributed by atoms with van der Waals surface area (Å²) >= 11 is 9.40. The van der Waals surface area contributed by atoms with Crippen molar-refractivity contribution in [3.63, 3.8) is 0 Å². The number of rotatable bonds is 1. The molecule has 0 bridgehead atoms. The molecule has 12 heavy (non-hydrogen) atoms. The highest BCUT2D eigenvalue weighted by Gasteiger charge is 2.01. The minimum absolute atomic E-state index is 0.799. The van der Waals surface area contributed by atoms with E-state index in [-0.39, 0.29) is 0 Å². The van der Waals surface area contributed by atoms with Gasteiger partial charge in [-0.2, -0.15) is 0 Å². The topological polar surface area (TPSA) is 15.8 Å². The van der Waals surface area contributed by atoms with E-state index in [4.69, 9.17) is 11.6 Å². The highest BCUT2D eigenvalue weighted by atomic mass is 79.9. The van der Waals surface area contributed by atoms with Crippen molar-refractivity contribution < 1.29 is 0 Å². The largest absolute Gasteiger partial charge is 0.361 e. The Bertz CT molecular complexity index is 408. The molecule has 1 heterocycles. The molecule has 0 aliphatic rings. The van der Waals surface area contributed by atoms with Crippen LogP contribution in [0.3, 0.4) is 0 Å². The van der Waals surface area contributed by atoms with Crippen LogP contribution in [0.1, 0.15) is 5.56 Å². The third-order valence-electron chi connectivity index (χ3n) is 1.86. The Labute approximate surface area is 83.9 Å². The first kappa shape index (κ1) is 8.14. The smallest absolute Gasteiger partial charge is 0.0469 e. The van der Waals surface area contributed by atoms with Crippen molar-refractivity contribution >= 4 is 38.4 Å². The molecule has 1 aromatic heterocycles. The summed E-state index contributed by atoms with van der Waals surface area (Å²) < 4.78 is 0. The third-order valence-corrected chi connectivity index (χ3v) is 2.82. The van der Waals surface area contributed by atoms with Crippen molar-refractivity contribution in [2.24, 2.45) is 0 Å². The number of aromatic amines is 1. The van der Waals surface area contributed by atoms with Gasteiger partial charge in [-0.15, -0.1) is 0 Å². The molecule has 1 aromatic carbocycles. The number of hydrogen-bond acceptors (Lipinski definition) is 0. The van der Waals surface area contributed by atoms with Crippen molar-refractivity contribution in [1.29, 1.82) is 0 Å². The fourth-order valence-corrected chi connectivity index (χ4v) is 2.08. The normalized spacial score (nSPS) is 10.8. The van der Waals surface area contributed by atoms with Crippen molar-refractivity contribution in [3.8, 4) is 0 Å². The van der Waals surface area contributed by atoms with Gasteiger partial charge in [-0.1, -0.05) is 27.5 Å². The fourth-order valence-electron chi connectivity index (χ4n) is 1.22. The first-order valence-electron chi connectivity index (χ1n) is 3.63. The van der Waals surface area contributed by atoms with Crippen LogP contribution in [0, 0.1) is 0 Å². The zero-order chi connectivity index (χ0) is 8.55. The minimum atomic E-state index is 0.799. The maximum absolute atomic E-state index is 6.01. The van der Waals surface area contributed by atoms with E-state index in [2.05, 4.69) is 27.0 Å². The summed E-state index contributed by atoms with van der Waals surface area (Å²) in [6.07, 6.45) is 1.92. The molecule has 2 aromatic rings. The van der Waals surface area contributed by atoms with Crippen LogP contribution in [0.25, 0.3) is 10.9 Å².